The van der Waals surface area contributed by atoms with Gasteiger partial charge in [-0.3, -0.25) is 0 Å². The first-order valence-corrected chi connectivity index (χ1v) is 14.4. The quantitative estimate of drug-likeness (QED) is 0.285. The smallest absolute Gasteiger partial charge is 0.200 e. The average molecular weight is 343 g/mol. The summed E-state index contributed by atoms with van der Waals surface area (Å²) in [4.78, 5) is 0. The zero-order valence-electron chi connectivity index (χ0n) is 16.8. The molecule has 0 atom stereocenters. The van der Waals surface area contributed by atoms with E-state index in [-0.39, 0.29) is 0 Å². The largest absolute Gasteiger partial charge is 0.416 e. The minimum absolute atomic E-state index is 0.687. The van der Waals surface area contributed by atoms with Crippen molar-refractivity contribution in [3.63, 3.8) is 0 Å². The molecule has 0 heterocycles. The van der Waals surface area contributed by atoms with Gasteiger partial charge in [0.1, 0.15) is 0 Å². The predicted octanol–water partition coefficient (Wildman–Crippen LogP) is 7.17. The maximum absolute atomic E-state index is 6.63. The maximum atomic E-state index is 6.63. The lowest BCUT2D eigenvalue weighted by Gasteiger charge is -2.42. The molecule has 0 aliphatic rings. The van der Waals surface area contributed by atoms with E-state index in [1.165, 1.54) is 18.1 Å². The summed E-state index contributed by atoms with van der Waals surface area (Å²) in [6.45, 7) is 22.2. The molecule has 22 heavy (non-hydrogen) atoms. The summed E-state index contributed by atoms with van der Waals surface area (Å²) in [5, 5.41) is 0. The fraction of sp³-hybridized carbons (Fsp3) is 0.895. The Morgan fingerprint density at radius 1 is 0.773 bits per heavy atom. The van der Waals surface area contributed by atoms with Crippen LogP contribution < -0.4 is 0 Å². The molecule has 1 nitrogen and oxygen atoms in total. The zero-order chi connectivity index (χ0) is 17.4. The van der Waals surface area contributed by atoms with E-state index in [9.17, 15) is 0 Å². The van der Waals surface area contributed by atoms with Crippen LogP contribution in [0, 0.1) is 0 Å². The lowest BCUT2D eigenvalue weighted by molar-refractivity contribution is 0.284. The van der Waals surface area contributed by atoms with Gasteiger partial charge < -0.3 is 4.43 Å². The topological polar surface area (TPSA) is 9.23 Å². The van der Waals surface area contributed by atoms with Gasteiger partial charge in [-0.05, 0) is 23.0 Å². The van der Waals surface area contributed by atoms with Crippen LogP contribution in [-0.2, 0) is 4.43 Å². The first kappa shape index (κ1) is 22.1. The second-order valence-corrected chi connectivity index (χ2v) is 18.4. The van der Waals surface area contributed by atoms with Crippen molar-refractivity contribution in [3.05, 3.63) is 11.8 Å². The molecule has 0 amide bonds. The number of hydrogen-bond donors (Lipinski definition) is 0. The van der Waals surface area contributed by atoms with Gasteiger partial charge in [0.25, 0.3) is 0 Å². The van der Waals surface area contributed by atoms with Gasteiger partial charge in [0, 0.05) is 6.61 Å². The lowest BCUT2D eigenvalue weighted by atomic mass is 10.5. The molecule has 0 bridgehead atoms. The average Bonchev–Trinajstić information content (AvgIpc) is 2.46. The third-order valence-electron chi connectivity index (χ3n) is 5.93. The standard InChI is InChI=1S/C19H42OSi2/c1-10-21(11-2,12-3)16-14-13-15-20-22(17(4)5,18(6)7)19(8)9/h14,16-19H,10-13,15H2,1-9H3/b16-14-. The van der Waals surface area contributed by atoms with Gasteiger partial charge in [-0.2, -0.15) is 0 Å². The van der Waals surface area contributed by atoms with Crippen molar-refractivity contribution < 1.29 is 4.43 Å². The van der Waals surface area contributed by atoms with Crippen LogP contribution in [0.1, 0.15) is 68.7 Å². The van der Waals surface area contributed by atoms with Crippen LogP contribution in [0.3, 0.4) is 0 Å². The molecule has 0 saturated heterocycles. The molecular weight excluding hydrogens is 300 g/mol. The molecule has 0 aliphatic heterocycles. The molecule has 3 heteroatoms. The van der Waals surface area contributed by atoms with E-state index in [1.807, 2.05) is 0 Å². The molecule has 0 spiro atoms. The summed E-state index contributed by atoms with van der Waals surface area (Å²) in [5.41, 5.74) is 4.66. The summed E-state index contributed by atoms with van der Waals surface area (Å²) in [5.74, 6) is 0. The summed E-state index contributed by atoms with van der Waals surface area (Å²) in [6, 6.07) is 4.13. The monoisotopic (exact) mass is 342 g/mol. The summed E-state index contributed by atoms with van der Waals surface area (Å²) in [6.07, 6.45) is 3.53. The van der Waals surface area contributed by atoms with Crippen LogP contribution in [0.25, 0.3) is 0 Å². The van der Waals surface area contributed by atoms with Gasteiger partial charge >= 0.3 is 0 Å². The van der Waals surface area contributed by atoms with E-state index in [0.29, 0.717) is 16.6 Å². The number of hydrogen-bond acceptors (Lipinski definition) is 1. The second kappa shape index (κ2) is 10.1. The van der Waals surface area contributed by atoms with Gasteiger partial charge in [0.15, 0.2) is 8.32 Å². The normalized spacial score (nSPS) is 14.0. The second-order valence-electron chi connectivity index (χ2n) is 7.78. The van der Waals surface area contributed by atoms with E-state index >= 15 is 0 Å². The zero-order valence-corrected chi connectivity index (χ0v) is 18.8. The maximum Gasteiger partial charge on any atom is 0.200 e. The Morgan fingerprint density at radius 2 is 1.18 bits per heavy atom. The van der Waals surface area contributed by atoms with E-state index in [0.717, 1.165) is 13.0 Å². The van der Waals surface area contributed by atoms with Crippen LogP contribution in [-0.4, -0.2) is 23.0 Å². The first-order valence-electron chi connectivity index (χ1n) is 9.54. The Morgan fingerprint density at radius 3 is 1.50 bits per heavy atom. The van der Waals surface area contributed by atoms with Crippen LogP contribution in [0.15, 0.2) is 11.8 Å². The van der Waals surface area contributed by atoms with Crippen molar-refractivity contribution in [1.82, 2.24) is 0 Å². The van der Waals surface area contributed by atoms with Crippen LogP contribution >= 0.6 is 0 Å². The Bertz CT molecular complexity index is 287. The van der Waals surface area contributed by atoms with E-state index < -0.39 is 16.4 Å². The minimum atomic E-state index is -1.67. The van der Waals surface area contributed by atoms with E-state index in [1.54, 1.807) is 0 Å². The predicted molar refractivity (Wildman–Crippen MR) is 108 cm³/mol. The molecule has 0 aromatic carbocycles. The SMILES string of the molecule is CC[Si](/C=C\CCO[Si](C(C)C)(C(C)C)C(C)C)(CC)CC. The molecule has 0 fully saturated rings. The molecule has 0 radical (unpaired) electrons. The Kier molecular flexibility index (Phi) is 10.2. The molecule has 0 N–H and O–H groups in total. The van der Waals surface area contributed by atoms with Gasteiger partial charge in [-0.25, -0.2) is 0 Å². The highest BCUT2D eigenvalue weighted by Crippen LogP contribution is 2.42. The fourth-order valence-electron chi connectivity index (χ4n) is 4.24. The molecule has 0 aliphatic carbocycles. The summed E-state index contributed by atoms with van der Waals surface area (Å²) >= 11 is 0. The van der Waals surface area contributed by atoms with E-state index in [2.05, 4.69) is 74.1 Å². The number of rotatable bonds is 11. The molecule has 0 rings (SSSR count). The van der Waals surface area contributed by atoms with Crippen molar-refractivity contribution in [3.8, 4) is 0 Å². The summed E-state index contributed by atoms with van der Waals surface area (Å²) < 4.78 is 6.63. The van der Waals surface area contributed by atoms with Crippen LogP contribution in [0.2, 0.25) is 34.8 Å². The van der Waals surface area contributed by atoms with Gasteiger partial charge in [-0.15, -0.1) is 0 Å². The third kappa shape index (κ3) is 5.35. The third-order valence-corrected chi connectivity index (χ3v) is 17.2. The van der Waals surface area contributed by atoms with Crippen LogP contribution in [0.4, 0.5) is 0 Å². The lowest BCUT2D eigenvalue weighted by Crippen LogP contribution is -2.47. The van der Waals surface area contributed by atoms with Gasteiger partial charge in [-0.1, -0.05) is 92.2 Å². The minimum Gasteiger partial charge on any atom is -0.416 e. The molecule has 132 valence electrons. The Labute approximate surface area is 143 Å². The van der Waals surface area contributed by atoms with Crippen molar-refractivity contribution in [2.24, 2.45) is 0 Å². The Balaban J connectivity index is 4.72. The fourth-order valence-corrected chi connectivity index (χ4v) is 12.6. The van der Waals surface area contributed by atoms with Crippen molar-refractivity contribution in [1.29, 1.82) is 0 Å². The highest BCUT2D eigenvalue weighted by Gasteiger charge is 2.44. The van der Waals surface area contributed by atoms with Crippen molar-refractivity contribution in [2.75, 3.05) is 6.61 Å². The molecule has 0 unspecified atom stereocenters. The van der Waals surface area contributed by atoms with Crippen LogP contribution in [0.5, 0.6) is 0 Å². The molecule has 0 saturated carbocycles. The molecule has 0 aromatic rings. The first-order chi connectivity index (χ1) is 10.2. The van der Waals surface area contributed by atoms with Crippen molar-refractivity contribution >= 4 is 16.4 Å². The van der Waals surface area contributed by atoms with Gasteiger partial charge in [0.05, 0.1) is 8.07 Å². The Hall–Kier alpha value is 0.134. The summed E-state index contributed by atoms with van der Waals surface area (Å²) in [7, 11) is -2.77. The van der Waals surface area contributed by atoms with E-state index in [4.69, 9.17) is 4.43 Å². The van der Waals surface area contributed by atoms with Gasteiger partial charge in [0.2, 0.25) is 0 Å². The highest BCUT2D eigenvalue weighted by atomic mass is 28.4. The highest BCUT2D eigenvalue weighted by molar-refractivity contribution is 6.84. The molecule has 0 aromatic heterocycles. The van der Waals surface area contributed by atoms with Crippen molar-refractivity contribution in [2.45, 2.75) is 103 Å². The molecular formula is C19H42OSi2.